The van der Waals surface area contributed by atoms with E-state index in [0.717, 1.165) is 20.3 Å². The molecule has 152 valence electrons. The zero-order valence-corrected chi connectivity index (χ0v) is 18.3. The number of nitrogens with zero attached hydrogens (tertiary/aromatic N) is 2. The summed E-state index contributed by atoms with van der Waals surface area (Å²) >= 11 is 4.89. The van der Waals surface area contributed by atoms with E-state index in [1.807, 2.05) is 30.3 Å². The van der Waals surface area contributed by atoms with Gasteiger partial charge in [0, 0.05) is 28.0 Å². The quantitative estimate of drug-likeness (QED) is 0.366. The maximum atomic E-state index is 12.5. The van der Waals surface area contributed by atoms with Crippen LogP contribution in [-0.2, 0) is 6.61 Å². The van der Waals surface area contributed by atoms with E-state index in [2.05, 4.69) is 36.7 Å². The Balaban J connectivity index is 1.41. The number of fused-ring (bicyclic) bond motifs is 1. The van der Waals surface area contributed by atoms with Gasteiger partial charge in [0.25, 0.3) is 5.91 Å². The molecule has 7 nitrogen and oxygen atoms in total. The van der Waals surface area contributed by atoms with E-state index in [1.54, 1.807) is 30.6 Å². The third-order valence-corrected chi connectivity index (χ3v) is 5.60. The monoisotopic (exact) mass is 484 g/mol. The number of hydrazine groups is 1. The van der Waals surface area contributed by atoms with Crippen LogP contribution in [0.2, 0.25) is 0 Å². The van der Waals surface area contributed by atoms with Crippen molar-refractivity contribution >= 4 is 48.5 Å². The van der Waals surface area contributed by atoms with Crippen molar-refractivity contribution in [3.63, 3.8) is 0 Å². The fraction of sp³-hybridized carbons (Fsp3) is 0.0952. The molecule has 1 amide bonds. The van der Waals surface area contributed by atoms with Crippen LogP contribution in [0.4, 0.5) is 5.13 Å². The molecule has 0 fully saturated rings. The molecule has 4 rings (SSSR count). The van der Waals surface area contributed by atoms with Gasteiger partial charge in [0.2, 0.25) is 5.13 Å². The van der Waals surface area contributed by atoms with Crippen molar-refractivity contribution in [1.29, 1.82) is 0 Å². The fourth-order valence-electron chi connectivity index (χ4n) is 2.71. The van der Waals surface area contributed by atoms with Crippen LogP contribution >= 0.6 is 27.3 Å². The van der Waals surface area contributed by atoms with Gasteiger partial charge in [-0.25, -0.2) is 4.98 Å². The van der Waals surface area contributed by atoms with E-state index in [-0.39, 0.29) is 5.91 Å². The number of hydrogen-bond donors (Lipinski definition) is 2. The van der Waals surface area contributed by atoms with Crippen LogP contribution in [0.25, 0.3) is 10.2 Å². The van der Waals surface area contributed by atoms with Crippen LogP contribution in [0.15, 0.2) is 65.4 Å². The van der Waals surface area contributed by atoms with Gasteiger partial charge in [0.15, 0.2) is 11.5 Å². The first-order chi connectivity index (χ1) is 14.6. The zero-order chi connectivity index (χ0) is 20.9. The summed E-state index contributed by atoms with van der Waals surface area (Å²) < 4.78 is 13.2. The number of ether oxygens (including phenoxy) is 2. The minimum atomic E-state index is -0.312. The highest BCUT2D eigenvalue weighted by atomic mass is 79.9. The van der Waals surface area contributed by atoms with Gasteiger partial charge in [-0.3, -0.25) is 20.6 Å². The highest BCUT2D eigenvalue weighted by molar-refractivity contribution is 9.10. The number of halogens is 1. The molecule has 0 unspecified atom stereocenters. The zero-order valence-electron chi connectivity index (χ0n) is 15.9. The number of methoxy groups -OCH3 is 1. The van der Waals surface area contributed by atoms with Crippen molar-refractivity contribution in [2.24, 2.45) is 0 Å². The van der Waals surface area contributed by atoms with E-state index in [1.165, 1.54) is 18.4 Å². The molecular formula is C21H17BrN4O3S. The van der Waals surface area contributed by atoms with Crippen molar-refractivity contribution < 1.29 is 14.3 Å². The highest BCUT2D eigenvalue weighted by Gasteiger charge is 2.12. The Labute approximate surface area is 185 Å². The predicted molar refractivity (Wildman–Crippen MR) is 120 cm³/mol. The standard InChI is InChI=1S/C21H17BrN4O3S/c1-28-18-9-14(4-7-17(18)29-12-13-3-2-8-23-11-13)20(27)25-26-21-24-16-6-5-15(22)10-19(16)30-21/h2-11H,12H2,1H3,(H,24,26)(H,25,27). The van der Waals surface area contributed by atoms with Gasteiger partial charge in [-0.05, 0) is 42.5 Å². The molecule has 0 saturated carbocycles. The van der Waals surface area contributed by atoms with Gasteiger partial charge in [0.1, 0.15) is 6.61 Å². The lowest BCUT2D eigenvalue weighted by atomic mass is 10.2. The molecule has 0 spiro atoms. The lowest BCUT2D eigenvalue weighted by Crippen LogP contribution is -2.29. The van der Waals surface area contributed by atoms with Crippen LogP contribution in [0.5, 0.6) is 11.5 Å². The third kappa shape index (κ3) is 4.69. The van der Waals surface area contributed by atoms with Crippen molar-refractivity contribution in [3.05, 3.63) is 76.5 Å². The summed E-state index contributed by atoms with van der Waals surface area (Å²) in [5, 5.41) is 0.597. The second kappa shape index (κ2) is 9.10. The number of rotatable bonds is 7. The van der Waals surface area contributed by atoms with E-state index in [4.69, 9.17) is 9.47 Å². The molecule has 0 aliphatic carbocycles. The smallest absolute Gasteiger partial charge is 0.269 e. The van der Waals surface area contributed by atoms with Crippen molar-refractivity contribution in [3.8, 4) is 11.5 Å². The Morgan fingerprint density at radius 2 is 2.07 bits per heavy atom. The molecule has 9 heteroatoms. The number of thiazole rings is 1. The number of carbonyl (C=O) groups is 1. The molecule has 0 aliphatic rings. The summed E-state index contributed by atoms with van der Waals surface area (Å²) in [4.78, 5) is 21.0. The molecule has 0 atom stereocenters. The lowest BCUT2D eigenvalue weighted by Gasteiger charge is -2.12. The third-order valence-electron chi connectivity index (χ3n) is 4.18. The van der Waals surface area contributed by atoms with E-state index >= 15 is 0 Å². The van der Waals surface area contributed by atoms with Crippen LogP contribution in [0.1, 0.15) is 15.9 Å². The summed E-state index contributed by atoms with van der Waals surface area (Å²) in [5.74, 6) is 0.700. The Kier molecular flexibility index (Phi) is 6.10. The summed E-state index contributed by atoms with van der Waals surface area (Å²) in [6, 6.07) is 14.6. The van der Waals surface area contributed by atoms with Gasteiger partial charge in [0.05, 0.1) is 17.3 Å². The van der Waals surface area contributed by atoms with E-state index in [9.17, 15) is 4.79 Å². The number of amides is 1. The first-order valence-corrected chi connectivity index (χ1v) is 10.6. The predicted octanol–water partition coefficient (Wildman–Crippen LogP) is 4.80. The number of hydrogen-bond acceptors (Lipinski definition) is 7. The van der Waals surface area contributed by atoms with Crippen molar-refractivity contribution in [1.82, 2.24) is 15.4 Å². The normalized spacial score (nSPS) is 10.6. The molecule has 0 aliphatic heterocycles. The van der Waals surface area contributed by atoms with Gasteiger partial charge in [-0.2, -0.15) is 0 Å². The van der Waals surface area contributed by atoms with Gasteiger partial charge >= 0.3 is 0 Å². The molecule has 0 bridgehead atoms. The van der Waals surface area contributed by atoms with Crippen LogP contribution in [0, 0.1) is 0 Å². The average molecular weight is 485 g/mol. The molecule has 2 heterocycles. The molecule has 2 N–H and O–H groups in total. The maximum absolute atomic E-state index is 12.5. The van der Waals surface area contributed by atoms with E-state index < -0.39 is 0 Å². The first kappa shape index (κ1) is 20.1. The Morgan fingerprint density at radius 3 is 2.87 bits per heavy atom. The second-order valence-electron chi connectivity index (χ2n) is 6.23. The van der Waals surface area contributed by atoms with Crippen LogP contribution in [-0.4, -0.2) is 23.0 Å². The number of nitrogens with one attached hydrogen (secondary N) is 2. The molecule has 0 radical (unpaired) electrons. The Hall–Kier alpha value is -3.17. The van der Waals surface area contributed by atoms with E-state index in [0.29, 0.717) is 28.8 Å². The average Bonchev–Trinajstić information content (AvgIpc) is 3.18. The minimum absolute atomic E-state index is 0.312. The van der Waals surface area contributed by atoms with Crippen molar-refractivity contribution in [2.75, 3.05) is 12.5 Å². The lowest BCUT2D eigenvalue weighted by molar-refractivity contribution is 0.0962. The summed E-state index contributed by atoms with van der Waals surface area (Å²) in [6.07, 6.45) is 3.44. The van der Waals surface area contributed by atoms with Gasteiger partial charge in [-0.15, -0.1) is 0 Å². The van der Waals surface area contributed by atoms with Gasteiger partial charge < -0.3 is 9.47 Å². The van der Waals surface area contributed by atoms with Crippen molar-refractivity contribution in [2.45, 2.75) is 6.61 Å². The Morgan fingerprint density at radius 1 is 1.17 bits per heavy atom. The fourth-order valence-corrected chi connectivity index (χ4v) is 4.08. The summed E-state index contributed by atoms with van der Waals surface area (Å²) in [6.45, 7) is 0.352. The Bertz CT molecular complexity index is 1180. The molecule has 2 aromatic heterocycles. The topological polar surface area (TPSA) is 85.4 Å². The van der Waals surface area contributed by atoms with Crippen LogP contribution < -0.4 is 20.3 Å². The number of benzene rings is 2. The highest BCUT2D eigenvalue weighted by Crippen LogP contribution is 2.30. The molecule has 4 aromatic rings. The number of pyridine rings is 1. The van der Waals surface area contributed by atoms with Gasteiger partial charge in [-0.1, -0.05) is 33.3 Å². The largest absolute Gasteiger partial charge is 0.493 e. The number of aromatic nitrogens is 2. The molecular weight excluding hydrogens is 468 g/mol. The minimum Gasteiger partial charge on any atom is -0.493 e. The molecule has 2 aromatic carbocycles. The van der Waals surface area contributed by atoms with Crippen LogP contribution in [0.3, 0.4) is 0 Å². The molecule has 30 heavy (non-hydrogen) atoms. The number of carbonyl (C=O) groups excluding carboxylic acids is 1. The summed E-state index contributed by atoms with van der Waals surface area (Å²) in [7, 11) is 1.53. The number of anilines is 1. The SMILES string of the molecule is COc1cc(C(=O)NNc2nc3ccc(Br)cc3s2)ccc1OCc1cccnc1. The maximum Gasteiger partial charge on any atom is 0.269 e. The second-order valence-corrected chi connectivity index (χ2v) is 8.17. The first-order valence-electron chi connectivity index (χ1n) is 8.94. The summed E-state index contributed by atoms with van der Waals surface area (Å²) in [5.41, 5.74) is 7.75. The molecule has 0 saturated heterocycles.